The Morgan fingerprint density at radius 1 is 1.24 bits per heavy atom. The molecule has 2 heteroatoms. The van der Waals surface area contributed by atoms with Crippen molar-refractivity contribution in [1.82, 2.24) is 5.32 Å². The Bertz CT molecular complexity index is 358. The van der Waals surface area contributed by atoms with Crippen LogP contribution in [0.25, 0.3) is 0 Å². The lowest BCUT2D eigenvalue weighted by atomic mass is 9.94. The van der Waals surface area contributed by atoms with E-state index in [0.29, 0.717) is 13.0 Å². The van der Waals surface area contributed by atoms with Crippen molar-refractivity contribution in [2.45, 2.75) is 46.1 Å². The van der Waals surface area contributed by atoms with Gasteiger partial charge in [0.05, 0.1) is 5.60 Å². The number of aryl methyl sites for hydroxylation is 2. The highest BCUT2D eigenvalue weighted by molar-refractivity contribution is 5.30. The number of nitrogens with one attached hydrogen (secondary N) is 1. The summed E-state index contributed by atoms with van der Waals surface area (Å²) in [7, 11) is 0. The zero-order valence-corrected chi connectivity index (χ0v) is 11.5. The summed E-state index contributed by atoms with van der Waals surface area (Å²) in [5.41, 5.74) is 3.13. The van der Waals surface area contributed by atoms with E-state index >= 15 is 0 Å². The Morgan fingerprint density at radius 3 is 2.53 bits per heavy atom. The van der Waals surface area contributed by atoms with E-state index in [9.17, 15) is 5.11 Å². The Kier molecular flexibility index (Phi) is 5.16. The van der Waals surface area contributed by atoms with Crippen LogP contribution in [0.2, 0.25) is 0 Å². The molecule has 1 unspecified atom stereocenters. The minimum atomic E-state index is -0.670. The molecule has 0 aliphatic carbocycles. The van der Waals surface area contributed by atoms with E-state index in [1.165, 1.54) is 16.7 Å². The number of hydrogen-bond acceptors (Lipinski definition) is 2. The smallest absolute Gasteiger partial charge is 0.0783 e. The minimum absolute atomic E-state index is 0.647. The van der Waals surface area contributed by atoms with Gasteiger partial charge in [-0.05, 0) is 50.4 Å². The summed E-state index contributed by atoms with van der Waals surface area (Å²) in [4.78, 5) is 0. The van der Waals surface area contributed by atoms with Crippen LogP contribution in [-0.2, 0) is 6.42 Å². The van der Waals surface area contributed by atoms with Crippen LogP contribution >= 0.6 is 0 Å². The first-order valence-corrected chi connectivity index (χ1v) is 6.44. The summed E-state index contributed by atoms with van der Waals surface area (Å²) in [6.45, 7) is 9.86. The van der Waals surface area contributed by atoms with Crippen LogP contribution < -0.4 is 5.32 Å². The molecule has 1 aromatic rings. The average Bonchev–Trinajstić information content (AvgIpc) is 2.23. The first-order chi connectivity index (χ1) is 7.94. The van der Waals surface area contributed by atoms with E-state index in [0.717, 1.165) is 13.0 Å². The number of rotatable bonds is 6. The molecule has 2 nitrogen and oxygen atoms in total. The van der Waals surface area contributed by atoms with E-state index in [4.69, 9.17) is 0 Å². The summed E-state index contributed by atoms with van der Waals surface area (Å²) < 4.78 is 0. The quantitative estimate of drug-likeness (QED) is 0.743. The summed E-state index contributed by atoms with van der Waals surface area (Å²) in [6.07, 6.45) is 1.80. The van der Waals surface area contributed by atoms with Gasteiger partial charge < -0.3 is 10.4 Å². The van der Waals surface area contributed by atoms with Crippen LogP contribution in [0, 0.1) is 13.8 Å². The molecule has 0 fully saturated rings. The van der Waals surface area contributed by atoms with Gasteiger partial charge in [-0.2, -0.15) is 0 Å². The minimum Gasteiger partial charge on any atom is -0.389 e. The zero-order chi connectivity index (χ0) is 12.9. The largest absolute Gasteiger partial charge is 0.389 e. The second-order valence-electron chi connectivity index (χ2n) is 5.27. The molecule has 1 aromatic carbocycles. The first-order valence-electron chi connectivity index (χ1n) is 6.44. The van der Waals surface area contributed by atoms with Crippen LogP contribution in [0.3, 0.4) is 0 Å². The van der Waals surface area contributed by atoms with Crippen molar-refractivity contribution in [2.24, 2.45) is 0 Å². The van der Waals surface area contributed by atoms with Gasteiger partial charge in [0.1, 0.15) is 0 Å². The van der Waals surface area contributed by atoms with Crippen LogP contribution in [0.4, 0.5) is 0 Å². The van der Waals surface area contributed by atoms with E-state index in [-0.39, 0.29) is 0 Å². The molecule has 17 heavy (non-hydrogen) atoms. The molecule has 0 amide bonds. The van der Waals surface area contributed by atoms with Gasteiger partial charge in [-0.15, -0.1) is 0 Å². The lowest BCUT2D eigenvalue weighted by Gasteiger charge is -2.24. The van der Waals surface area contributed by atoms with Gasteiger partial charge in [-0.25, -0.2) is 0 Å². The summed E-state index contributed by atoms with van der Waals surface area (Å²) in [5.74, 6) is 0. The lowest BCUT2D eigenvalue weighted by Crippen LogP contribution is -2.40. The highest BCUT2D eigenvalue weighted by Crippen LogP contribution is 2.16. The molecule has 1 rings (SSSR count). The van der Waals surface area contributed by atoms with Crippen molar-refractivity contribution in [3.05, 3.63) is 34.9 Å². The Hall–Kier alpha value is -0.860. The molecular weight excluding hydrogens is 210 g/mol. The Labute approximate surface area is 105 Å². The zero-order valence-electron chi connectivity index (χ0n) is 11.5. The van der Waals surface area contributed by atoms with Gasteiger partial charge in [-0.3, -0.25) is 0 Å². The maximum atomic E-state index is 10.3. The monoisotopic (exact) mass is 235 g/mol. The van der Waals surface area contributed by atoms with Gasteiger partial charge in [0, 0.05) is 13.0 Å². The van der Waals surface area contributed by atoms with E-state index in [1.807, 2.05) is 6.92 Å². The highest BCUT2D eigenvalue weighted by atomic mass is 16.3. The standard InChI is InChI=1S/C15H25NO/c1-5-8-16-11-15(4,17)10-14-7-6-12(2)13(3)9-14/h6-7,9,16-17H,5,8,10-11H2,1-4H3. The fourth-order valence-corrected chi connectivity index (χ4v) is 1.95. The second-order valence-corrected chi connectivity index (χ2v) is 5.27. The Balaban J connectivity index is 2.59. The molecule has 0 heterocycles. The van der Waals surface area contributed by atoms with Gasteiger partial charge in [-0.1, -0.05) is 25.1 Å². The third kappa shape index (κ3) is 4.88. The number of aliphatic hydroxyl groups is 1. The molecule has 2 N–H and O–H groups in total. The fourth-order valence-electron chi connectivity index (χ4n) is 1.95. The molecule has 0 bridgehead atoms. The second kappa shape index (κ2) is 6.18. The predicted octanol–water partition coefficient (Wildman–Crippen LogP) is 2.60. The average molecular weight is 235 g/mol. The van der Waals surface area contributed by atoms with Crippen molar-refractivity contribution in [2.75, 3.05) is 13.1 Å². The summed E-state index contributed by atoms with van der Waals surface area (Å²) in [5, 5.41) is 13.6. The van der Waals surface area contributed by atoms with Gasteiger partial charge >= 0.3 is 0 Å². The highest BCUT2D eigenvalue weighted by Gasteiger charge is 2.20. The van der Waals surface area contributed by atoms with Crippen molar-refractivity contribution >= 4 is 0 Å². The van der Waals surface area contributed by atoms with Gasteiger partial charge in [0.15, 0.2) is 0 Å². The van der Waals surface area contributed by atoms with Crippen molar-refractivity contribution in [3.63, 3.8) is 0 Å². The summed E-state index contributed by atoms with van der Waals surface area (Å²) >= 11 is 0. The van der Waals surface area contributed by atoms with E-state index in [2.05, 4.69) is 44.3 Å². The van der Waals surface area contributed by atoms with E-state index in [1.54, 1.807) is 0 Å². The van der Waals surface area contributed by atoms with Crippen LogP contribution in [0.5, 0.6) is 0 Å². The SMILES string of the molecule is CCCNCC(C)(O)Cc1ccc(C)c(C)c1. The van der Waals surface area contributed by atoms with Gasteiger partial charge in [0.2, 0.25) is 0 Å². The van der Waals surface area contributed by atoms with E-state index < -0.39 is 5.60 Å². The van der Waals surface area contributed by atoms with Gasteiger partial charge in [0.25, 0.3) is 0 Å². The third-order valence-corrected chi connectivity index (χ3v) is 3.09. The van der Waals surface area contributed by atoms with Crippen molar-refractivity contribution < 1.29 is 5.11 Å². The molecule has 0 aliphatic heterocycles. The molecular formula is C15H25NO. The lowest BCUT2D eigenvalue weighted by molar-refractivity contribution is 0.0603. The maximum absolute atomic E-state index is 10.3. The molecule has 0 saturated heterocycles. The molecule has 0 spiro atoms. The number of hydrogen-bond donors (Lipinski definition) is 2. The van der Waals surface area contributed by atoms with Crippen molar-refractivity contribution in [3.8, 4) is 0 Å². The van der Waals surface area contributed by atoms with Crippen LogP contribution in [-0.4, -0.2) is 23.8 Å². The molecule has 96 valence electrons. The van der Waals surface area contributed by atoms with Crippen molar-refractivity contribution in [1.29, 1.82) is 0 Å². The molecule has 0 radical (unpaired) electrons. The molecule has 0 aromatic heterocycles. The van der Waals surface area contributed by atoms with Crippen LogP contribution in [0.15, 0.2) is 18.2 Å². The molecule has 0 saturated carbocycles. The topological polar surface area (TPSA) is 32.3 Å². The number of benzene rings is 1. The first kappa shape index (κ1) is 14.2. The predicted molar refractivity (Wildman–Crippen MR) is 73.4 cm³/mol. The molecule has 1 atom stereocenters. The summed E-state index contributed by atoms with van der Waals surface area (Å²) in [6, 6.07) is 6.40. The third-order valence-electron chi connectivity index (χ3n) is 3.09. The fraction of sp³-hybridized carbons (Fsp3) is 0.600. The normalized spacial score (nSPS) is 14.6. The molecule has 0 aliphatic rings. The van der Waals surface area contributed by atoms with Crippen LogP contribution in [0.1, 0.15) is 37.0 Å². The maximum Gasteiger partial charge on any atom is 0.0783 e. The Morgan fingerprint density at radius 2 is 1.94 bits per heavy atom.